The zero-order valence-corrected chi connectivity index (χ0v) is 10.8. The van der Waals surface area contributed by atoms with Gasteiger partial charge in [-0.1, -0.05) is 17.7 Å². The molecular formula is C10H6ClF2IN2. The highest BCUT2D eigenvalue weighted by Gasteiger charge is 2.06. The molecule has 0 amide bonds. The summed E-state index contributed by atoms with van der Waals surface area (Å²) in [6.45, 7) is 0.361. The zero-order valence-electron chi connectivity index (χ0n) is 7.92. The lowest BCUT2D eigenvalue weighted by molar-refractivity contribution is 0.505. The Morgan fingerprint density at radius 1 is 1.31 bits per heavy atom. The van der Waals surface area contributed by atoms with E-state index in [0.717, 1.165) is 12.1 Å². The molecule has 0 fully saturated rings. The zero-order chi connectivity index (χ0) is 11.7. The minimum atomic E-state index is -0.856. The second kappa shape index (κ2) is 4.67. The number of nitrogens with zero attached hydrogens (tertiary/aromatic N) is 2. The number of rotatable bonds is 2. The SMILES string of the molecule is Fc1ccc(Cn2cc(Cl)c(I)n2)cc1F. The van der Waals surface area contributed by atoms with Gasteiger partial charge in [-0.15, -0.1) is 0 Å². The van der Waals surface area contributed by atoms with Gasteiger partial charge in [0.15, 0.2) is 11.6 Å². The summed E-state index contributed by atoms with van der Waals surface area (Å²) in [6, 6.07) is 3.76. The first-order valence-corrected chi connectivity index (χ1v) is 5.84. The maximum atomic E-state index is 12.9. The van der Waals surface area contributed by atoms with E-state index in [-0.39, 0.29) is 0 Å². The molecule has 2 aromatic rings. The summed E-state index contributed by atoms with van der Waals surface area (Å²) >= 11 is 7.83. The third-order valence-electron chi connectivity index (χ3n) is 2.00. The van der Waals surface area contributed by atoms with Gasteiger partial charge >= 0.3 is 0 Å². The van der Waals surface area contributed by atoms with Crippen molar-refractivity contribution in [1.82, 2.24) is 9.78 Å². The van der Waals surface area contributed by atoms with Crippen molar-refractivity contribution in [2.24, 2.45) is 0 Å². The average Bonchev–Trinajstić information content (AvgIpc) is 2.52. The summed E-state index contributed by atoms with van der Waals surface area (Å²) in [6.07, 6.45) is 1.64. The molecule has 1 heterocycles. The Morgan fingerprint density at radius 3 is 2.62 bits per heavy atom. The highest BCUT2D eigenvalue weighted by molar-refractivity contribution is 14.1. The van der Waals surface area contributed by atoms with E-state index in [1.165, 1.54) is 6.07 Å². The van der Waals surface area contributed by atoms with Crippen LogP contribution in [0.25, 0.3) is 0 Å². The Balaban J connectivity index is 2.23. The second-order valence-corrected chi connectivity index (χ2v) is 4.64. The molecule has 0 saturated carbocycles. The Kier molecular flexibility index (Phi) is 3.44. The molecule has 2 nitrogen and oxygen atoms in total. The van der Waals surface area contributed by atoms with Crippen molar-refractivity contribution >= 4 is 34.2 Å². The smallest absolute Gasteiger partial charge is 0.159 e. The van der Waals surface area contributed by atoms with Gasteiger partial charge in [-0.05, 0) is 40.3 Å². The van der Waals surface area contributed by atoms with E-state index in [4.69, 9.17) is 11.6 Å². The van der Waals surface area contributed by atoms with Crippen molar-refractivity contribution in [2.75, 3.05) is 0 Å². The lowest BCUT2D eigenvalue weighted by Gasteiger charge is -2.02. The molecule has 0 atom stereocenters. The molecule has 0 N–H and O–H groups in total. The van der Waals surface area contributed by atoms with E-state index in [2.05, 4.69) is 5.10 Å². The van der Waals surface area contributed by atoms with Gasteiger partial charge in [0.05, 0.1) is 11.6 Å². The molecular weight excluding hydrogens is 348 g/mol. The maximum absolute atomic E-state index is 12.9. The standard InChI is InChI=1S/C10H6ClF2IN2/c11-7-5-16(15-10(7)14)4-6-1-2-8(12)9(13)3-6/h1-3,5H,4H2. The number of aromatic nitrogens is 2. The highest BCUT2D eigenvalue weighted by Crippen LogP contribution is 2.17. The van der Waals surface area contributed by atoms with Crippen LogP contribution in [0, 0.1) is 15.3 Å². The third-order valence-corrected chi connectivity index (χ3v) is 3.40. The third kappa shape index (κ3) is 2.52. The fraction of sp³-hybridized carbons (Fsp3) is 0.100. The van der Waals surface area contributed by atoms with Crippen molar-refractivity contribution < 1.29 is 8.78 Å². The largest absolute Gasteiger partial charge is 0.266 e. The van der Waals surface area contributed by atoms with Crippen LogP contribution in [-0.2, 0) is 6.54 Å². The number of benzene rings is 1. The van der Waals surface area contributed by atoms with E-state index in [9.17, 15) is 8.78 Å². The lowest BCUT2D eigenvalue weighted by atomic mass is 10.2. The first kappa shape index (κ1) is 11.8. The van der Waals surface area contributed by atoms with Gasteiger partial charge in [0, 0.05) is 6.20 Å². The molecule has 0 spiro atoms. The van der Waals surface area contributed by atoms with Crippen LogP contribution in [0.4, 0.5) is 8.78 Å². The van der Waals surface area contributed by atoms with Crippen LogP contribution < -0.4 is 0 Å². The van der Waals surface area contributed by atoms with Crippen LogP contribution in [0.5, 0.6) is 0 Å². The van der Waals surface area contributed by atoms with Crippen molar-refractivity contribution in [3.05, 3.63) is 50.3 Å². The molecule has 0 aliphatic rings. The van der Waals surface area contributed by atoms with Crippen LogP contribution in [0.2, 0.25) is 5.02 Å². The van der Waals surface area contributed by atoms with Gasteiger partial charge in [0.2, 0.25) is 0 Å². The van der Waals surface area contributed by atoms with Gasteiger partial charge in [-0.25, -0.2) is 8.78 Å². The molecule has 0 bridgehead atoms. The van der Waals surface area contributed by atoms with E-state index in [1.807, 2.05) is 22.6 Å². The number of hydrogen-bond acceptors (Lipinski definition) is 1. The first-order valence-electron chi connectivity index (χ1n) is 4.38. The molecule has 1 aromatic carbocycles. The van der Waals surface area contributed by atoms with E-state index in [0.29, 0.717) is 20.8 Å². The molecule has 6 heteroatoms. The van der Waals surface area contributed by atoms with Crippen LogP contribution >= 0.6 is 34.2 Å². The number of hydrogen-bond donors (Lipinski definition) is 0. The molecule has 0 radical (unpaired) electrons. The van der Waals surface area contributed by atoms with Crippen LogP contribution in [0.3, 0.4) is 0 Å². The fourth-order valence-corrected chi connectivity index (χ4v) is 1.85. The van der Waals surface area contributed by atoms with Crippen molar-refractivity contribution in [2.45, 2.75) is 6.54 Å². The van der Waals surface area contributed by atoms with Gasteiger partial charge in [0.1, 0.15) is 3.70 Å². The summed E-state index contributed by atoms with van der Waals surface area (Å²) in [5.74, 6) is -1.71. The maximum Gasteiger partial charge on any atom is 0.159 e. The topological polar surface area (TPSA) is 17.8 Å². The van der Waals surface area contributed by atoms with Crippen LogP contribution in [0.15, 0.2) is 24.4 Å². The molecule has 2 rings (SSSR count). The van der Waals surface area contributed by atoms with Gasteiger partial charge < -0.3 is 0 Å². The van der Waals surface area contributed by atoms with E-state index < -0.39 is 11.6 Å². The monoisotopic (exact) mass is 354 g/mol. The predicted octanol–water partition coefficient (Wildman–Crippen LogP) is 3.47. The molecule has 16 heavy (non-hydrogen) atoms. The molecule has 0 saturated heterocycles. The van der Waals surface area contributed by atoms with Crippen LogP contribution in [0.1, 0.15) is 5.56 Å². The molecule has 0 unspecified atom stereocenters. The molecule has 0 aliphatic heterocycles. The van der Waals surface area contributed by atoms with Gasteiger partial charge in [-0.3, -0.25) is 4.68 Å². The Bertz CT molecular complexity index is 508. The van der Waals surface area contributed by atoms with Crippen LogP contribution in [-0.4, -0.2) is 9.78 Å². The van der Waals surface area contributed by atoms with E-state index in [1.54, 1.807) is 10.9 Å². The highest BCUT2D eigenvalue weighted by atomic mass is 127. The molecule has 84 valence electrons. The molecule has 1 aromatic heterocycles. The van der Waals surface area contributed by atoms with E-state index >= 15 is 0 Å². The quantitative estimate of drug-likeness (QED) is 0.755. The van der Waals surface area contributed by atoms with Crippen molar-refractivity contribution in [3.8, 4) is 0 Å². The summed E-state index contributed by atoms with van der Waals surface area (Å²) in [5, 5.41) is 4.66. The Hall–Kier alpha value is -0.690. The Labute approximate surface area is 109 Å². The first-order chi connectivity index (χ1) is 7.56. The summed E-state index contributed by atoms with van der Waals surface area (Å²) in [5.41, 5.74) is 0.634. The van der Waals surface area contributed by atoms with Crippen molar-refractivity contribution in [1.29, 1.82) is 0 Å². The summed E-state index contributed by atoms with van der Waals surface area (Å²) < 4.78 is 27.9. The summed E-state index contributed by atoms with van der Waals surface area (Å²) in [7, 11) is 0. The Morgan fingerprint density at radius 2 is 2.06 bits per heavy atom. The minimum absolute atomic E-state index is 0.361. The predicted molar refractivity (Wildman–Crippen MR) is 65.4 cm³/mol. The van der Waals surface area contributed by atoms with Crippen molar-refractivity contribution in [3.63, 3.8) is 0 Å². The van der Waals surface area contributed by atoms with Gasteiger partial charge in [0.25, 0.3) is 0 Å². The minimum Gasteiger partial charge on any atom is -0.266 e. The summed E-state index contributed by atoms with van der Waals surface area (Å²) in [4.78, 5) is 0. The second-order valence-electron chi connectivity index (χ2n) is 3.21. The lowest BCUT2D eigenvalue weighted by Crippen LogP contribution is -2.01. The molecule has 0 aliphatic carbocycles. The fourth-order valence-electron chi connectivity index (χ4n) is 1.28. The number of halogens is 4. The average molecular weight is 355 g/mol. The normalized spacial score (nSPS) is 10.8. The van der Waals surface area contributed by atoms with Gasteiger partial charge in [-0.2, -0.15) is 5.10 Å².